The molecule has 2 unspecified atom stereocenters. The van der Waals surface area contributed by atoms with Crippen LogP contribution in [0.25, 0.3) is 0 Å². The topological polar surface area (TPSA) is 44.8 Å². The molecule has 0 rings (SSSR count). The molecule has 0 aromatic rings. The lowest BCUT2D eigenvalue weighted by molar-refractivity contribution is -0.152. The average Bonchev–Trinajstić information content (AvgIpc) is 2.32. The van der Waals surface area contributed by atoms with Gasteiger partial charge in [-0.2, -0.15) is 0 Å². The number of ether oxygens (including phenoxy) is 3. The first kappa shape index (κ1) is 17.4. The fourth-order valence-electron chi connectivity index (χ4n) is 1.60. The molecule has 18 heavy (non-hydrogen) atoms. The Morgan fingerprint density at radius 2 is 1.78 bits per heavy atom. The highest BCUT2D eigenvalue weighted by atomic mass is 16.6. The molecule has 0 saturated heterocycles. The van der Waals surface area contributed by atoms with Crippen LogP contribution in [0.5, 0.6) is 0 Å². The van der Waals surface area contributed by atoms with E-state index in [4.69, 9.17) is 14.2 Å². The minimum Gasteiger partial charge on any atom is -0.460 e. The zero-order valence-corrected chi connectivity index (χ0v) is 12.2. The lowest BCUT2D eigenvalue weighted by Gasteiger charge is -2.17. The minimum absolute atomic E-state index is 0.0284. The minimum atomic E-state index is -0.192. The van der Waals surface area contributed by atoms with Crippen LogP contribution in [0.1, 0.15) is 52.9 Å². The van der Waals surface area contributed by atoms with Gasteiger partial charge in [0.05, 0.1) is 19.3 Å². The van der Waals surface area contributed by atoms with Gasteiger partial charge < -0.3 is 14.2 Å². The van der Waals surface area contributed by atoms with E-state index < -0.39 is 0 Å². The van der Waals surface area contributed by atoms with Gasteiger partial charge in [-0.15, -0.1) is 0 Å². The molecule has 0 spiro atoms. The van der Waals surface area contributed by atoms with Crippen LogP contribution in [0.4, 0.5) is 0 Å². The first-order chi connectivity index (χ1) is 8.60. The number of hydrogen-bond acceptors (Lipinski definition) is 4. The molecule has 0 aliphatic heterocycles. The average molecular weight is 260 g/mol. The van der Waals surface area contributed by atoms with Crippen LogP contribution >= 0.6 is 0 Å². The largest absolute Gasteiger partial charge is 0.460 e. The van der Waals surface area contributed by atoms with E-state index in [0.29, 0.717) is 19.6 Å². The number of carbonyl (C=O) groups is 1. The summed E-state index contributed by atoms with van der Waals surface area (Å²) >= 11 is 0. The van der Waals surface area contributed by atoms with Crippen molar-refractivity contribution in [3.63, 3.8) is 0 Å². The van der Waals surface area contributed by atoms with E-state index in [-0.39, 0.29) is 18.2 Å². The van der Waals surface area contributed by atoms with E-state index in [1.54, 1.807) is 7.11 Å². The van der Waals surface area contributed by atoms with Crippen molar-refractivity contribution in [1.29, 1.82) is 0 Å². The summed E-state index contributed by atoms with van der Waals surface area (Å²) in [6, 6.07) is 0. The summed E-state index contributed by atoms with van der Waals surface area (Å²) in [5.41, 5.74) is 0. The summed E-state index contributed by atoms with van der Waals surface area (Å²) in [7, 11) is 1.64. The lowest BCUT2D eigenvalue weighted by atomic mass is 10.1. The monoisotopic (exact) mass is 260 g/mol. The van der Waals surface area contributed by atoms with E-state index in [1.807, 2.05) is 13.8 Å². The van der Waals surface area contributed by atoms with Gasteiger partial charge >= 0.3 is 5.97 Å². The SMILES string of the molecule is CCCCCCC(=O)OC(C)COC(C)COC. The van der Waals surface area contributed by atoms with Crippen molar-refractivity contribution in [3.05, 3.63) is 0 Å². The van der Waals surface area contributed by atoms with E-state index in [0.717, 1.165) is 12.8 Å². The van der Waals surface area contributed by atoms with E-state index in [9.17, 15) is 4.79 Å². The Kier molecular flexibility index (Phi) is 11.1. The fourth-order valence-corrected chi connectivity index (χ4v) is 1.60. The van der Waals surface area contributed by atoms with Crippen molar-refractivity contribution in [2.45, 2.75) is 65.1 Å². The quantitative estimate of drug-likeness (QED) is 0.423. The van der Waals surface area contributed by atoms with Crippen molar-refractivity contribution in [2.75, 3.05) is 20.3 Å². The predicted molar refractivity (Wildman–Crippen MR) is 71.6 cm³/mol. The summed E-state index contributed by atoms with van der Waals surface area (Å²) in [5.74, 6) is -0.124. The van der Waals surface area contributed by atoms with Gasteiger partial charge in [-0.1, -0.05) is 26.2 Å². The Labute approximate surface area is 111 Å². The van der Waals surface area contributed by atoms with E-state index in [2.05, 4.69) is 6.92 Å². The Morgan fingerprint density at radius 1 is 1.06 bits per heavy atom. The number of hydrogen-bond donors (Lipinski definition) is 0. The van der Waals surface area contributed by atoms with E-state index in [1.165, 1.54) is 12.8 Å². The molecule has 0 aromatic carbocycles. The molecule has 0 aliphatic carbocycles. The standard InChI is InChI=1S/C14H28O4/c1-5-6-7-8-9-14(15)18-13(3)11-17-12(2)10-16-4/h12-13H,5-11H2,1-4H3. The molecule has 2 atom stereocenters. The molecule has 0 heterocycles. The van der Waals surface area contributed by atoms with Crippen molar-refractivity contribution >= 4 is 5.97 Å². The predicted octanol–water partition coefficient (Wildman–Crippen LogP) is 2.94. The highest BCUT2D eigenvalue weighted by Gasteiger charge is 2.11. The Balaban J connectivity index is 3.54. The van der Waals surface area contributed by atoms with Crippen LogP contribution in [0.2, 0.25) is 0 Å². The molecule has 108 valence electrons. The molecule has 0 amide bonds. The Hall–Kier alpha value is -0.610. The van der Waals surface area contributed by atoms with Gasteiger partial charge in [0, 0.05) is 13.5 Å². The molecule has 4 nitrogen and oxygen atoms in total. The number of carbonyl (C=O) groups excluding carboxylic acids is 1. The lowest BCUT2D eigenvalue weighted by Crippen LogP contribution is -2.25. The van der Waals surface area contributed by atoms with Crippen LogP contribution in [-0.2, 0) is 19.0 Å². The van der Waals surface area contributed by atoms with E-state index >= 15 is 0 Å². The highest BCUT2D eigenvalue weighted by Crippen LogP contribution is 2.05. The molecule has 0 radical (unpaired) electrons. The van der Waals surface area contributed by atoms with Crippen LogP contribution in [0, 0.1) is 0 Å². The van der Waals surface area contributed by atoms with Crippen LogP contribution in [0.15, 0.2) is 0 Å². The molecule has 0 fully saturated rings. The molecule has 0 bridgehead atoms. The molecular weight excluding hydrogens is 232 g/mol. The molecular formula is C14H28O4. The maximum absolute atomic E-state index is 11.5. The molecule has 4 heteroatoms. The zero-order chi connectivity index (χ0) is 13.8. The first-order valence-electron chi connectivity index (χ1n) is 6.90. The summed E-state index contributed by atoms with van der Waals surface area (Å²) in [6.07, 6.45) is 4.72. The fraction of sp³-hybridized carbons (Fsp3) is 0.929. The van der Waals surface area contributed by atoms with Gasteiger partial charge in [0.1, 0.15) is 6.10 Å². The number of unbranched alkanes of at least 4 members (excludes halogenated alkanes) is 3. The van der Waals surface area contributed by atoms with Gasteiger partial charge in [-0.05, 0) is 20.3 Å². The van der Waals surface area contributed by atoms with Gasteiger partial charge in [0.15, 0.2) is 0 Å². The highest BCUT2D eigenvalue weighted by molar-refractivity contribution is 5.69. The molecule has 0 aromatic heterocycles. The maximum atomic E-state index is 11.5. The second-order valence-corrected chi connectivity index (χ2v) is 4.71. The molecule has 0 saturated carbocycles. The van der Waals surface area contributed by atoms with Crippen molar-refractivity contribution in [3.8, 4) is 0 Å². The Morgan fingerprint density at radius 3 is 2.39 bits per heavy atom. The van der Waals surface area contributed by atoms with Crippen molar-refractivity contribution in [1.82, 2.24) is 0 Å². The first-order valence-corrected chi connectivity index (χ1v) is 6.90. The molecule has 0 aliphatic rings. The third kappa shape index (κ3) is 10.5. The third-order valence-corrected chi connectivity index (χ3v) is 2.58. The van der Waals surface area contributed by atoms with Gasteiger partial charge in [-0.3, -0.25) is 4.79 Å². The summed E-state index contributed by atoms with van der Waals surface area (Å²) in [6.45, 7) is 6.91. The zero-order valence-electron chi connectivity index (χ0n) is 12.2. The summed E-state index contributed by atoms with van der Waals surface area (Å²) < 4.78 is 15.7. The van der Waals surface area contributed by atoms with Crippen molar-refractivity contribution in [2.24, 2.45) is 0 Å². The summed E-state index contributed by atoms with van der Waals surface area (Å²) in [5, 5.41) is 0. The smallest absolute Gasteiger partial charge is 0.306 e. The number of methoxy groups -OCH3 is 1. The second-order valence-electron chi connectivity index (χ2n) is 4.71. The number of rotatable bonds is 11. The van der Waals surface area contributed by atoms with Crippen LogP contribution in [0.3, 0.4) is 0 Å². The maximum Gasteiger partial charge on any atom is 0.306 e. The van der Waals surface area contributed by atoms with Crippen LogP contribution < -0.4 is 0 Å². The normalized spacial score (nSPS) is 14.2. The number of esters is 1. The summed E-state index contributed by atoms with van der Waals surface area (Å²) in [4.78, 5) is 11.5. The van der Waals surface area contributed by atoms with Crippen molar-refractivity contribution < 1.29 is 19.0 Å². The van der Waals surface area contributed by atoms with Crippen LogP contribution in [-0.4, -0.2) is 38.5 Å². The second kappa shape index (κ2) is 11.5. The van der Waals surface area contributed by atoms with Gasteiger partial charge in [0.2, 0.25) is 0 Å². The van der Waals surface area contributed by atoms with Gasteiger partial charge in [-0.25, -0.2) is 0 Å². The third-order valence-electron chi connectivity index (χ3n) is 2.58. The molecule has 0 N–H and O–H groups in total. The van der Waals surface area contributed by atoms with Gasteiger partial charge in [0.25, 0.3) is 0 Å². The Bertz CT molecular complexity index is 206.